The summed E-state index contributed by atoms with van der Waals surface area (Å²) < 4.78 is 5.34. The van der Waals surface area contributed by atoms with Gasteiger partial charge in [-0.25, -0.2) is 0 Å². The summed E-state index contributed by atoms with van der Waals surface area (Å²) >= 11 is 0. The van der Waals surface area contributed by atoms with Crippen LogP contribution in [0.5, 0.6) is 0 Å². The van der Waals surface area contributed by atoms with Gasteiger partial charge in [0.1, 0.15) is 12.9 Å². The van der Waals surface area contributed by atoms with Gasteiger partial charge in [-0.2, -0.15) is 0 Å². The molecular weight excluding hydrogens is 264 g/mol. The molecule has 0 saturated heterocycles. The van der Waals surface area contributed by atoms with E-state index in [9.17, 15) is 9.59 Å². The third-order valence-corrected chi connectivity index (χ3v) is 3.84. The monoisotopic (exact) mass is 280 g/mol. The number of ether oxygens (including phenoxy) is 1. The number of esters is 1. The molecule has 2 aromatic rings. The summed E-state index contributed by atoms with van der Waals surface area (Å²) in [5.74, 6) is -0.235. The molecule has 0 fully saturated rings. The highest BCUT2D eigenvalue weighted by molar-refractivity contribution is 5.79. The van der Waals surface area contributed by atoms with Crippen molar-refractivity contribution in [2.24, 2.45) is 0 Å². The van der Waals surface area contributed by atoms with E-state index in [-0.39, 0.29) is 24.7 Å². The highest BCUT2D eigenvalue weighted by atomic mass is 16.5. The molecule has 0 bridgehead atoms. The van der Waals surface area contributed by atoms with Crippen LogP contribution in [0.4, 0.5) is 0 Å². The molecule has 0 unspecified atom stereocenters. The third-order valence-electron chi connectivity index (χ3n) is 3.84. The summed E-state index contributed by atoms with van der Waals surface area (Å²) in [6.07, 6.45) is 1.11. The van der Waals surface area contributed by atoms with Crippen LogP contribution in [0.3, 0.4) is 0 Å². The number of carbonyl (C=O) groups is 2. The normalized spacial score (nSPS) is 12.6. The van der Waals surface area contributed by atoms with E-state index >= 15 is 0 Å². The van der Waals surface area contributed by atoms with Crippen LogP contribution in [0, 0.1) is 0 Å². The fourth-order valence-corrected chi connectivity index (χ4v) is 2.86. The number of benzene rings is 2. The van der Waals surface area contributed by atoms with Crippen molar-refractivity contribution in [1.29, 1.82) is 0 Å². The van der Waals surface area contributed by atoms with Gasteiger partial charge in [0, 0.05) is 12.3 Å². The maximum Gasteiger partial charge on any atom is 0.306 e. The maximum atomic E-state index is 11.6. The van der Waals surface area contributed by atoms with E-state index in [1.807, 2.05) is 24.3 Å². The average molecular weight is 280 g/mol. The zero-order valence-corrected chi connectivity index (χ0v) is 11.6. The minimum absolute atomic E-state index is 0.0811. The first-order chi connectivity index (χ1) is 10.3. The third kappa shape index (κ3) is 2.59. The van der Waals surface area contributed by atoms with Crippen LogP contribution < -0.4 is 0 Å². The lowest BCUT2D eigenvalue weighted by Crippen LogP contribution is -2.12. The summed E-state index contributed by atoms with van der Waals surface area (Å²) in [4.78, 5) is 21.9. The number of aldehydes is 1. The fraction of sp³-hybridized carbons (Fsp3) is 0.222. The van der Waals surface area contributed by atoms with Gasteiger partial charge in [-0.1, -0.05) is 48.5 Å². The summed E-state index contributed by atoms with van der Waals surface area (Å²) in [5.41, 5.74) is 4.81. The zero-order chi connectivity index (χ0) is 14.7. The van der Waals surface area contributed by atoms with E-state index < -0.39 is 0 Å². The van der Waals surface area contributed by atoms with Crippen LogP contribution in [0.2, 0.25) is 0 Å². The Bertz CT molecular complexity index is 630. The second-order valence-corrected chi connectivity index (χ2v) is 5.12. The van der Waals surface area contributed by atoms with Crippen LogP contribution in [0.15, 0.2) is 48.5 Å². The molecule has 3 nitrogen and oxygen atoms in total. The van der Waals surface area contributed by atoms with E-state index in [1.54, 1.807) is 0 Å². The SMILES string of the molecule is O=CCCC(=O)OCC1c2ccccc2-c2ccccc21. The van der Waals surface area contributed by atoms with E-state index in [2.05, 4.69) is 24.3 Å². The van der Waals surface area contributed by atoms with Gasteiger partial charge in [-0.15, -0.1) is 0 Å². The molecule has 3 rings (SSSR count). The first-order valence-electron chi connectivity index (χ1n) is 7.08. The molecule has 0 radical (unpaired) electrons. The summed E-state index contributed by atoms with van der Waals surface area (Å²) in [6.45, 7) is 0.325. The topological polar surface area (TPSA) is 43.4 Å². The predicted molar refractivity (Wildman–Crippen MR) is 80.0 cm³/mol. The van der Waals surface area contributed by atoms with E-state index in [4.69, 9.17) is 4.74 Å². The average Bonchev–Trinajstić information content (AvgIpc) is 2.85. The lowest BCUT2D eigenvalue weighted by atomic mass is 9.98. The summed E-state index contributed by atoms with van der Waals surface area (Å²) in [6, 6.07) is 16.4. The number of fused-ring (bicyclic) bond motifs is 3. The summed E-state index contributed by atoms with van der Waals surface area (Å²) in [7, 11) is 0. The molecule has 21 heavy (non-hydrogen) atoms. The number of carbonyl (C=O) groups excluding carboxylic acids is 2. The number of hydrogen-bond acceptors (Lipinski definition) is 3. The van der Waals surface area contributed by atoms with Gasteiger partial charge in [0.15, 0.2) is 0 Å². The minimum Gasteiger partial charge on any atom is -0.465 e. The Morgan fingerprint density at radius 2 is 1.57 bits per heavy atom. The molecule has 0 amide bonds. The zero-order valence-electron chi connectivity index (χ0n) is 11.6. The second kappa shape index (κ2) is 5.92. The van der Waals surface area contributed by atoms with Crippen LogP contribution in [0.25, 0.3) is 11.1 Å². The highest BCUT2D eigenvalue weighted by Crippen LogP contribution is 2.44. The van der Waals surface area contributed by atoms with E-state index in [1.165, 1.54) is 22.3 Å². The van der Waals surface area contributed by atoms with Crippen molar-refractivity contribution in [3.8, 4) is 11.1 Å². The Morgan fingerprint density at radius 3 is 2.14 bits per heavy atom. The van der Waals surface area contributed by atoms with Gasteiger partial charge in [0.25, 0.3) is 0 Å². The molecule has 0 saturated carbocycles. The second-order valence-electron chi connectivity index (χ2n) is 5.12. The van der Waals surface area contributed by atoms with Crippen LogP contribution >= 0.6 is 0 Å². The Kier molecular flexibility index (Phi) is 3.82. The van der Waals surface area contributed by atoms with Crippen molar-refractivity contribution >= 4 is 12.3 Å². The Labute approximate surface area is 123 Å². The molecular formula is C18H16O3. The molecule has 0 aromatic heterocycles. The molecule has 2 aromatic carbocycles. The maximum absolute atomic E-state index is 11.6. The minimum atomic E-state index is -0.316. The van der Waals surface area contributed by atoms with Crippen molar-refractivity contribution in [2.45, 2.75) is 18.8 Å². The standard InChI is InChI=1S/C18H16O3/c19-11-5-10-18(20)21-12-17-15-8-3-1-6-13(15)14-7-2-4-9-16(14)17/h1-4,6-9,11,17H,5,10,12H2. The molecule has 0 heterocycles. The van der Waals surface area contributed by atoms with Crippen LogP contribution in [0.1, 0.15) is 29.9 Å². The predicted octanol–water partition coefficient (Wildman–Crippen LogP) is 3.32. The van der Waals surface area contributed by atoms with Gasteiger partial charge in [0.05, 0.1) is 6.42 Å². The first kappa shape index (κ1) is 13.6. The van der Waals surface area contributed by atoms with Gasteiger partial charge < -0.3 is 9.53 Å². The van der Waals surface area contributed by atoms with Gasteiger partial charge in [0.2, 0.25) is 0 Å². The molecule has 0 spiro atoms. The highest BCUT2D eigenvalue weighted by Gasteiger charge is 2.28. The molecule has 0 atom stereocenters. The number of rotatable bonds is 5. The number of hydrogen-bond donors (Lipinski definition) is 0. The lowest BCUT2D eigenvalue weighted by molar-refractivity contribution is -0.144. The Balaban J connectivity index is 1.82. The van der Waals surface area contributed by atoms with E-state index in [0.29, 0.717) is 6.61 Å². The molecule has 0 aliphatic heterocycles. The van der Waals surface area contributed by atoms with Crippen LogP contribution in [-0.4, -0.2) is 18.9 Å². The largest absolute Gasteiger partial charge is 0.465 e. The van der Waals surface area contributed by atoms with Crippen molar-refractivity contribution in [3.05, 3.63) is 59.7 Å². The smallest absolute Gasteiger partial charge is 0.306 e. The van der Waals surface area contributed by atoms with Gasteiger partial charge in [-0.05, 0) is 22.3 Å². The van der Waals surface area contributed by atoms with E-state index in [0.717, 1.165) is 6.29 Å². The Morgan fingerprint density at radius 1 is 1.00 bits per heavy atom. The molecule has 106 valence electrons. The molecule has 1 aliphatic carbocycles. The fourth-order valence-electron chi connectivity index (χ4n) is 2.86. The van der Waals surface area contributed by atoms with Crippen molar-refractivity contribution in [3.63, 3.8) is 0 Å². The van der Waals surface area contributed by atoms with Gasteiger partial charge in [-0.3, -0.25) is 4.79 Å². The van der Waals surface area contributed by atoms with Crippen molar-refractivity contribution < 1.29 is 14.3 Å². The van der Waals surface area contributed by atoms with Crippen molar-refractivity contribution in [1.82, 2.24) is 0 Å². The molecule has 0 N–H and O–H groups in total. The summed E-state index contributed by atoms with van der Waals surface area (Å²) in [5, 5.41) is 0. The van der Waals surface area contributed by atoms with Crippen molar-refractivity contribution in [2.75, 3.05) is 6.61 Å². The lowest BCUT2D eigenvalue weighted by Gasteiger charge is -2.13. The molecule has 3 heteroatoms. The van der Waals surface area contributed by atoms with Crippen LogP contribution in [-0.2, 0) is 14.3 Å². The van der Waals surface area contributed by atoms with Gasteiger partial charge >= 0.3 is 5.97 Å². The molecule has 1 aliphatic rings. The first-order valence-corrected chi connectivity index (χ1v) is 7.08. The Hall–Kier alpha value is -2.42. The quantitative estimate of drug-likeness (QED) is 0.623.